The molecule has 13 heteroatoms. The van der Waals surface area contributed by atoms with Gasteiger partial charge in [-0.25, -0.2) is 4.79 Å². The molecule has 1 heterocycles. The van der Waals surface area contributed by atoms with Crippen molar-refractivity contribution in [3.63, 3.8) is 0 Å². The van der Waals surface area contributed by atoms with Crippen molar-refractivity contribution in [1.29, 1.82) is 0 Å². The molecule has 1 saturated heterocycles. The van der Waals surface area contributed by atoms with Gasteiger partial charge in [-0.3, -0.25) is 24.0 Å². The molecule has 0 aromatic carbocycles. The lowest BCUT2D eigenvalue weighted by atomic mass is 10.1. The van der Waals surface area contributed by atoms with Crippen LogP contribution in [0.2, 0.25) is 0 Å². The molecule has 1 aliphatic heterocycles. The molecule has 0 saturated carbocycles. The number of carboxylic acids is 3. The van der Waals surface area contributed by atoms with Crippen LogP contribution in [0.15, 0.2) is 0 Å². The Morgan fingerprint density at radius 3 is 1.97 bits per heavy atom. The monoisotopic (exact) mass is 416 g/mol. The maximum Gasteiger partial charge on any atom is 0.326 e. The Hall–Kier alpha value is -3.22. The van der Waals surface area contributed by atoms with Gasteiger partial charge in [0.1, 0.15) is 18.1 Å². The first-order valence-corrected chi connectivity index (χ1v) is 8.82. The second kappa shape index (κ2) is 10.9. The molecule has 3 amide bonds. The van der Waals surface area contributed by atoms with Crippen LogP contribution in [0.4, 0.5) is 0 Å². The Labute approximate surface area is 165 Å². The smallest absolute Gasteiger partial charge is 0.326 e. The highest BCUT2D eigenvalue weighted by Gasteiger charge is 2.31. The third-order valence-corrected chi connectivity index (χ3v) is 4.13. The van der Waals surface area contributed by atoms with E-state index in [4.69, 9.17) is 15.3 Å². The van der Waals surface area contributed by atoms with Gasteiger partial charge in [-0.1, -0.05) is 0 Å². The minimum Gasteiger partial charge on any atom is -0.481 e. The predicted molar refractivity (Wildman–Crippen MR) is 94.6 cm³/mol. The molecule has 0 aromatic heterocycles. The zero-order chi connectivity index (χ0) is 22.1. The van der Waals surface area contributed by atoms with Gasteiger partial charge in [0.05, 0.1) is 18.9 Å². The minimum absolute atomic E-state index is 0.534. The number of carbonyl (C=O) groups is 6. The van der Waals surface area contributed by atoms with Gasteiger partial charge >= 0.3 is 17.9 Å². The van der Waals surface area contributed by atoms with E-state index in [-0.39, 0.29) is 0 Å². The highest BCUT2D eigenvalue weighted by atomic mass is 16.4. The van der Waals surface area contributed by atoms with E-state index in [9.17, 15) is 28.8 Å². The van der Waals surface area contributed by atoms with Gasteiger partial charge in [0.25, 0.3) is 0 Å². The second-order valence-corrected chi connectivity index (χ2v) is 6.54. The molecule has 1 fully saturated rings. The summed E-state index contributed by atoms with van der Waals surface area (Å²) in [6.45, 7) is 1.82. The van der Waals surface area contributed by atoms with E-state index in [1.807, 2.05) is 5.32 Å². The lowest BCUT2D eigenvalue weighted by Gasteiger charge is -2.22. The van der Waals surface area contributed by atoms with Gasteiger partial charge in [-0.05, 0) is 26.3 Å². The van der Waals surface area contributed by atoms with Crippen LogP contribution in [0.25, 0.3) is 0 Å². The summed E-state index contributed by atoms with van der Waals surface area (Å²) in [5, 5.41) is 36.0. The Bertz CT molecular complexity index is 675. The van der Waals surface area contributed by atoms with Crippen LogP contribution in [0.1, 0.15) is 32.6 Å². The fourth-order valence-corrected chi connectivity index (χ4v) is 2.62. The van der Waals surface area contributed by atoms with Crippen molar-refractivity contribution in [3.05, 3.63) is 0 Å². The number of carbonyl (C=O) groups excluding carboxylic acids is 3. The molecule has 4 unspecified atom stereocenters. The summed E-state index contributed by atoms with van der Waals surface area (Å²) in [4.78, 5) is 69.2. The predicted octanol–water partition coefficient (Wildman–Crippen LogP) is -2.75. The van der Waals surface area contributed by atoms with E-state index >= 15 is 0 Å². The van der Waals surface area contributed by atoms with E-state index in [2.05, 4.69) is 16.0 Å². The molecule has 0 aromatic rings. The number of nitrogens with one attached hydrogen (secondary N) is 4. The molecule has 1 aliphatic rings. The maximum atomic E-state index is 12.3. The van der Waals surface area contributed by atoms with Crippen LogP contribution in [0.3, 0.4) is 0 Å². The summed E-state index contributed by atoms with van der Waals surface area (Å²) < 4.78 is 0. The van der Waals surface area contributed by atoms with E-state index in [1.165, 1.54) is 6.92 Å². The van der Waals surface area contributed by atoms with Crippen molar-refractivity contribution in [2.45, 2.75) is 56.8 Å². The normalized spacial score (nSPS) is 18.7. The maximum absolute atomic E-state index is 12.3. The van der Waals surface area contributed by atoms with Crippen LogP contribution in [0, 0.1) is 0 Å². The fourth-order valence-electron chi connectivity index (χ4n) is 2.62. The number of hydrogen-bond acceptors (Lipinski definition) is 7. The van der Waals surface area contributed by atoms with Crippen LogP contribution < -0.4 is 21.3 Å². The van der Waals surface area contributed by atoms with Crippen LogP contribution in [0.5, 0.6) is 0 Å². The molecule has 4 atom stereocenters. The minimum atomic E-state index is -1.71. The first kappa shape index (κ1) is 23.8. The van der Waals surface area contributed by atoms with Crippen molar-refractivity contribution in [3.8, 4) is 0 Å². The van der Waals surface area contributed by atoms with Crippen LogP contribution >= 0.6 is 0 Å². The highest BCUT2D eigenvalue weighted by Crippen LogP contribution is 2.06. The molecule has 13 nitrogen and oxygen atoms in total. The Morgan fingerprint density at radius 2 is 1.48 bits per heavy atom. The summed E-state index contributed by atoms with van der Waals surface area (Å²) in [7, 11) is 0. The Balaban J connectivity index is 2.71. The molecule has 0 spiro atoms. The van der Waals surface area contributed by atoms with Gasteiger partial charge in [0.2, 0.25) is 17.7 Å². The second-order valence-electron chi connectivity index (χ2n) is 6.54. The average Bonchev–Trinajstić information content (AvgIpc) is 3.14. The standard InChI is InChI=1S/C16H24N4O9/c1-7(13(25)20-10(16(28)29)6-12(23)24)18-15(27)9(5-11(21)22)19-14(26)8-3-2-4-17-8/h7-10,17H,2-6H2,1H3,(H,18,27)(H,19,26)(H,20,25)(H,21,22)(H,23,24)(H,28,29). The molecule has 0 radical (unpaired) electrons. The lowest BCUT2D eigenvalue weighted by Crippen LogP contribution is -2.56. The molecular formula is C16H24N4O9. The number of aliphatic carboxylic acids is 3. The molecule has 0 aliphatic carbocycles. The summed E-state index contributed by atoms with van der Waals surface area (Å²) in [6.07, 6.45) is -0.304. The largest absolute Gasteiger partial charge is 0.481 e. The highest BCUT2D eigenvalue weighted by molar-refractivity contribution is 5.95. The molecule has 1 rings (SSSR count). The van der Waals surface area contributed by atoms with Crippen molar-refractivity contribution in [2.24, 2.45) is 0 Å². The zero-order valence-corrected chi connectivity index (χ0v) is 15.6. The van der Waals surface area contributed by atoms with E-state index in [1.54, 1.807) is 0 Å². The summed E-state index contributed by atoms with van der Waals surface area (Å²) >= 11 is 0. The number of rotatable bonds is 11. The van der Waals surface area contributed by atoms with Gasteiger partial charge in [-0.2, -0.15) is 0 Å². The number of hydrogen-bond donors (Lipinski definition) is 7. The first-order chi connectivity index (χ1) is 13.5. The molecule has 162 valence electrons. The third kappa shape index (κ3) is 8.13. The quantitative estimate of drug-likeness (QED) is 0.184. The van der Waals surface area contributed by atoms with Gasteiger partial charge in [-0.15, -0.1) is 0 Å². The van der Waals surface area contributed by atoms with Gasteiger partial charge in [0, 0.05) is 0 Å². The van der Waals surface area contributed by atoms with Crippen molar-refractivity contribution >= 4 is 35.6 Å². The fraction of sp³-hybridized carbons (Fsp3) is 0.625. The molecule has 29 heavy (non-hydrogen) atoms. The van der Waals surface area contributed by atoms with E-state index in [0.29, 0.717) is 13.0 Å². The van der Waals surface area contributed by atoms with Crippen molar-refractivity contribution in [2.75, 3.05) is 6.54 Å². The van der Waals surface area contributed by atoms with Gasteiger partial charge < -0.3 is 36.6 Å². The Kier molecular flexibility index (Phi) is 8.99. The molecule has 0 bridgehead atoms. The van der Waals surface area contributed by atoms with Crippen LogP contribution in [-0.2, 0) is 28.8 Å². The van der Waals surface area contributed by atoms with Crippen LogP contribution in [-0.4, -0.2) is 81.7 Å². The number of amides is 3. The first-order valence-electron chi connectivity index (χ1n) is 8.82. The summed E-state index contributed by atoms with van der Waals surface area (Å²) in [6, 6.07) is -5.02. The lowest BCUT2D eigenvalue weighted by molar-refractivity contribution is -0.147. The molecule has 7 N–H and O–H groups in total. The van der Waals surface area contributed by atoms with Crippen molar-refractivity contribution in [1.82, 2.24) is 21.3 Å². The Morgan fingerprint density at radius 1 is 0.897 bits per heavy atom. The average molecular weight is 416 g/mol. The van der Waals surface area contributed by atoms with Gasteiger partial charge in [0.15, 0.2) is 0 Å². The summed E-state index contributed by atoms with van der Waals surface area (Å²) in [5.41, 5.74) is 0. The topological polar surface area (TPSA) is 211 Å². The summed E-state index contributed by atoms with van der Waals surface area (Å²) in [5.74, 6) is -6.85. The SMILES string of the molecule is CC(NC(=O)C(CC(=O)O)NC(=O)C1CCCN1)C(=O)NC(CC(=O)O)C(=O)O. The van der Waals surface area contributed by atoms with Crippen molar-refractivity contribution < 1.29 is 44.1 Å². The zero-order valence-electron chi connectivity index (χ0n) is 15.6. The third-order valence-electron chi connectivity index (χ3n) is 4.13. The molecular weight excluding hydrogens is 392 g/mol. The van der Waals surface area contributed by atoms with E-state index in [0.717, 1.165) is 6.42 Å². The number of carboxylic acid groups (broad SMARTS) is 3. The van der Waals surface area contributed by atoms with E-state index < -0.39 is 72.6 Å².